The summed E-state index contributed by atoms with van der Waals surface area (Å²) in [4.78, 5) is 12.0. The Labute approximate surface area is 131 Å². The molecule has 0 bridgehead atoms. The molecule has 1 saturated carbocycles. The number of benzene rings is 1. The Balaban J connectivity index is 0.00000220. The van der Waals surface area contributed by atoms with Gasteiger partial charge >= 0.3 is 6.18 Å². The molecule has 1 aromatic rings. The summed E-state index contributed by atoms with van der Waals surface area (Å²) in [6.45, 7) is 0. The number of anilines is 1. The fourth-order valence-corrected chi connectivity index (χ4v) is 2.53. The van der Waals surface area contributed by atoms with Crippen LogP contribution in [-0.4, -0.2) is 11.4 Å². The van der Waals surface area contributed by atoms with Gasteiger partial charge in [-0.3, -0.25) is 4.79 Å². The van der Waals surface area contributed by atoms with Crippen LogP contribution in [0.1, 0.15) is 31.2 Å². The molecule has 0 saturated heterocycles. The Morgan fingerprint density at radius 1 is 1.29 bits per heavy atom. The number of nitrogens with one attached hydrogen (secondary N) is 1. The van der Waals surface area contributed by atoms with E-state index < -0.39 is 28.2 Å². The van der Waals surface area contributed by atoms with E-state index in [-0.39, 0.29) is 18.1 Å². The van der Waals surface area contributed by atoms with Crippen molar-refractivity contribution in [2.24, 2.45) is 5.73 Å². The number of nitrogens with two attached hydrogens (primary N) is 1. The fourth-order valence-electron chi connectivity index (χ4n) is 2.31. The summed E-state index contributed by atoms with van der Waals surface area (Å²) in [6.07, 6.45) is -1.79. The lowest BCUT2D eigenvalue weighted by molar-refractivity contribution is -0.137. The lowest BCUT2D eigenvalue weighted by Crippen LogP contribution is -2.48. The van der Waals surface area contributed by atoms with E-state index in [4.69, 9.17) is 17.3 Å². The summed E-state index contributed by atoms with van der Waals surface area (Å²) in [6, 6.07) is 3.25. The first-order valence-electron chi connectivity index (χ1n) is 6.19. The third kappa shape index (κ3) is 4.02. The number of carbonyl (C=O) groups is 1. The molecule has 0 heterocycles. The van der Waals surface area contributed by atoms with Gasteiger partial charge in [0.1, 0.15) is 0 Å². The van der Waals surface area contributed by atoms with Crippen LogP contribution in [0.4, 0.5) is 18.9 Å². The minimum Gasteiger partial charge on any atom is -0.324 e. The molecule has 8 heteroatoms. The SMILES string of the molecule is Cl.NC1(C(=O)Nc2ccc(Cl)c(C(F)(F)F)c2)CCCC1. The molecule has 2 rings (SSSR count). The molecular formula is C13H15Cl2F3N2O. The van der Waals surface area contributed by atoms with E-state index >= 15 is 0 Å². The maximum atomic E-state index is 12.7. The molecule has 21 heavy (non-hydrogen) atoms. The van der Waals surface area contributed by atoms with Crippen molar-refractivity contribution in [3.05, 3.63) is 28.8 Å². The molecule has 1 fully saturated rings. The number of carbonyl (C=O) groups excluding carboxylic acids is 1. The summed E-state index contributed by atoms with van der Waals surface area (Å²) in [5.41, 5.74) is 4.02. The van der Waals surface area contributed by atoms with Crippen molar-refractivity contribution in [2.45, 2.75) is 37.4 Å². The maximum absolute atomic E-state index is 12.7. The van der Waals surface area contributed by atoms with E-state index in [9.17, 15) is 18.0 Å². The van der Waals surface area contributed by atoms with Gasteiger partial charge in [-0.1, -0.05) is 24.4 Å². The molecule has 1 aliphatic carbocycles. The second kappa shape index (κ2) is 6.42. The minimum absolute atomic E-state index is 0. The Bertz CT molecular complexity index is 529. The van der Waals surface area contributed by atoms with Crippen molar-refractivity contribution >= 4 is 35.6 Å². The summed E-state index contributed by atoms with van der Waals surface area (Å²) < 4.78 is 38.2. The van der Waals surface area contributed by atoms with Crippen LogP contribution in [0.5, 0.6) is 0 Å². The number of rotatable bonds is 2. The fraction of sp³-hybridized carbons (Fsp3) is 0.462. The highest BCUT2D eigenvalue weighted by atomic mass is 35.5. The van der Waals surface area contributed by atoms with E-state index in [2.05, 4.69) is 5.32 Å². The second-order valence-corrected chi connectivity index (χ2v) is 5.42. The summed E-state index contributed by atoms with van der Waals surface area (Å²) in [7, 11) is 0. The van der Waals surface area contributed by atoms with E-state index in [1.807, 2.05) is 0 Å². The Hall–Kier alpha value is -0.980. The molecule has 0 aliphatic heterocycles. The van der Waals surface area contributed by atoms with Gasteiger partial charge in [0.2, 0.25) is 5.91 Å². The molecule has 0 aromatic heterocycles. The Morgan fingerprint density at radius 2 is 1.86 bits per heavy atom. The monoisotopic (exact) mass is 342 g/mol. The molecule has 0 spiro atoms. The minimum atomic E-state index is -4.56. The van der Waals surface area contributed by atoms with Gasteiger partial charge in [0.05, 0.1) is 16.1 Å². The van der Waals surface area contributed by atoms with Gasteiger partial charge in [-0.15, -0.1) is 12.4 Å². The Morgan fingerprint density at radius 3 is 2.38 bits per heavy atom. The van der Waals surface area contributed by atoms with Crippen LogP contribution in [0.15, 0.2) is 18.2 Å². The Kier molecular flexibility index (Phi) is 5.52. The molecule has 0 atom stereocenters. The van der Waals surface area contributed by atoms with Crippen LogP contribution in [0.2, 0.25) is 5.02 Å². The van der Waals surface area contributed by atoms with Gasteiger partial charge in [0.25, 0.3) is 0 Å². The third-order valence-corrected chi connectivity index (χ3v) is 3.81. The summed E-state index contributed by atoms with van der Waals surface area (Å²) in [5.74, 6) is -0.453. The van der Waals surface area contributed by atoms with Gasteiger partial charge in [-0.25, -0.2) is 0 Å². The highest BCUT2D eigenvalue weighted by Crippen LogP contribution is 2.36. The normalized spacial score (nSPS) is 17.2. The number of amides is 1. The molecule has 3 N–H and O–H groups in total. The predicted octanol–water partition coefficient (Wildman–Crippen LogP) is 3.99. The highest BCUT2D eigenvalue weighted by molar-refractivity contribution is 6.31. The van der Waals surface area contributed by atoms with Crippen LogP contribution in [0, 0.1) is 0 Å². The van der Waals surface area contributed by atoms with Gasteiger partial charge < -0.3 is 11.1 Å². The maximum Gasteiger partial charge on any atom is 0.417 e. The molecule has 0 unspecified atom stereocenters. The first-order valence-corrected chi connectivity index (χ1v) is 6.57. The van der Waals surface area contributed by atoms with Gasteiger partial charge in [-0.2, -0.15) is 13.2 Å². The van der Waals surface area contributed by atoms with Gasteiger partial charge in [-0.05, 0) is 31.0 Å². The molecule has 0 radical (unpaired) electrons. The van der Waals surface area contributed by atoms with Crippen molar-refractivity contribution in [3.8, 4) is 0 Å². The number of alkyl halides is 3. The lowest BCUT2D eigenvalue weighted by atomic mass is 9.98. The predicted molar refractivity (Wildman–Crippen MR) is 77.7 cm³/mol. The quantitative estimate of drug-likeness (QED) is 0.853. The number of hydrogen-bond donors (Lipinski definition) is 2. The van der Waals surface area contributed by atoms with Crippen molar-refractivity contribution in [1.29, 1.82) is 0 Å². The third-order valence-electron chi connectivity index (χ3n) is 3.48. The average molecular weight is 343 g/mol. The second-order valence-electron chi connectivity index (χ2n) is 5.01. The molecule has 1 aromatic carbocycles. The highest BCUT2D eigenvalue weighted by Gasteiger charge is 2.38. The number of halogens is 5. The van der Waals surface area contributed by atoms with Crippen molar-refractivity contribution in [1.82, 2.24) is 0 Å². The van der Waals surface area contributed by atoms with Crippen LogP contribution < -0.4 is 11.1 Å². The molecule has 118 valence electrons. The lowest BCUT2D eigenvalue weighted by Gasteiger charge is -2.22. The first kappa shape index (κ1) is 18.1. The zero-order valence-electron chi connectivity index (χ0n) is 11.0. The smallest absolute Gasteiger partial charge is 0.324 e. The first-order chi connectivity index (χ1) is 9.22. The molecule has 1 amide bonds. The van der Waals surface area contributed by atoms with Crippen LogP contribution >= 0.6 is 24.0 Å². The van der Waals surface area contributed by atoms with Crippen molar-refractivity contribution in [3.63, 3.8) is 0 Å². The molecule has 3 nitrogen and oxygen atoms in total. The van der Waals surface area contributed by atoms with E-state index in [1.165, 1.54) is 6.07 Å². The van der Waals surface area contributed by atoms with Crippen LogP contribution in [-0.2, 0) is 11.0 Å². The van der Waals surface area contributed by atoms with E-state index in [1.54, 1.807) is 0 Å². The van der Waals surface area contributed by atoms with Gasteiger partial charge in [0, 0.05) is 5.69 Å². The van der Waals surface area contributed by atoms with Gasteiger partial charge in [0.15, 0.2) is 0 Å². The zero-order chi connectivity index (χ0) is 15.0. The molecular weight excluding hydrogens is 328 g/mol. The van der Waals surface area contributed by atoms with Crippen molar-refractivity contribution < 1.29 is 18.0 Å². The molecule has 1 aliphatic rings. The number of hydrogen-bond acceptors (Lipinski definition) is 2. The average Bonchev–Trinajstić information content (AvgIpc) is 2.78. The summed E-state index contributed by atoms with van der Waals surface area (Å²) in [5, 5.41) is 2.04. The van der Waals surface area contributed by atoms with Crippen LogP contribution in [0.3, 0.4) is 0 Å². The zero-order valence-corrected chi connectivity index (χ0v) is 12.5. The topological polar surface area (TPSA) is 55.1 Å². The van der Waals surface area contributed by atoms with Crippen LogP contribution in [0.25, 0.3) is 0 Å². The summed E-state index contributed by atoms with van der Waals surface area (Å²) >= 11 is 5.51. The van der Waals surface area contributed by atoms with E-state index in [0.717, 1.165) is 25.0 Å². The van der Waals surface area contributed by atoms with Crippen molar-refractivity contribution in [2.75, 3.05) is 5.32 Å². The van der Waals surface area contributed by atoms with E-state index in [0.29, 0.717) is 12.8 Å². The standard InChI is InChI=1S/C13H14ClF3N2O.ClH/c14-10-4-3-8(7-9(10)13(15,16)17)19-11(20)12(18)5-1-2-6-12;/h3-4,7H,1-2,5-6,18H2,(H,19,20);1H. The largest absolute Gasteiger partial charge is 0.417 e.